The Bertz CT molecular complexity index is 2280. The number of hydrogen-bond donors (Lipinski definition) is 2. The Kier molecular flexibility index (Phi) is 8.37. The SMILES string of the molecule is CCn1ncc2cc(-c3ccc(C4CC(c5c(Cc6ccccc6)c6cc(Cl)ccc6[nH]c5=O)=NN4C(=O)CCC(=O)O)cc3)ccc21. The number of pyridine rings is 1. The number of carbonyl (C=O) groups excluding carboxylic acids is 1. The van der Waals surface area contributed by atoms with Gasteiger partial charge in [0.15, 0.2) is 0 Å². The first-order chi connectivity index (χ1) is 23.3. The molecule has 1 aliphatic heterocycles. The molecule has 0 radical (unpaired) electrons. The fraction of sp³-hybridized carbons (Fsp3) is 0.184. The van der Waals surface area contributed by atoms with Gasteiger partial charge in [0.05, 0.1) is 35.5 Å². The number of carboxylic acids is 1. The Balaban J connectivity index is 1.28. The van der Waals surface area contributed by atoms with Gasteiger partial charge in [-0.1, -0.05) is 72.3 Å². The lowest BCUT2D eigenvalue weighted by Gasteiger charge is -2.22. The van der Waals surface area contributed by atoms with Crippen molar-refractivity contribution in [2.75, 3.05) is 0 Å². The van der Waals surface area contributed by atoms with Gasteiger partial charge in [-0.2, -0.15) is 10.2 Å². The lowest BCUT2D eigenvalue weighted by Crippen LogP contribution is -2.27. The summed E-state index contributed by atoms with van der Waals surface area (Å²) in [7, 11) is 0. The lowest BCUT2D eigenvalue weighted by atomic mass is 9.91. The van der Waals surface area contributed by atoms with E-state index in [0.29, 0.717) is 28.2 Å². The topological polar surface area (TPSA) is 121 Å². The molecule has 0 spiro atoms. The molecule has 0 saturated heterocycles. The number of benzene rings is 4. The van der Waals surface area contributed by atoms with Crippen LogP contribution >= 0.6 is 11.6 Å². The standard InChI is InChI=1S/C38H32ClN5O4/c1-2-43-33-15-12-26(19-27(33)22-40-43)24-8-10-25(11-9-24)34-21-32(42-44(34)35(45)16-17-36(46)47)37-30(18-23-6-4-3-5-7-23)29-20-28(39)13-14-31(29)41-38(37)48/h3-15,19-20,22,34H,2,16-18,21H2,1H3,(H,41,48)(H,46,47). The molecule has 2 aromatic heterocycles. The number of aliphatic carboxylic acids is 1. The summed E-state index contributed by atoms with van der Waals surface area (Å²) < 4.78 is 1.95. The Labute approximate surface area is 281 Å². The molecular formula is C38H32ClN5O4. The van der Waals surface area contributed by atoms with Crippen LogP contribution in [0.4, 0.5) is 0 Å². The molecule has 48 heavy (non-hydrogen) atoms. The first-order valence-electron chi connectivity index (χ1n) is 15.8. The molecule has 7 rings (SSSR count). The first-order valence-corrected chi connectivity index (χ1v) is 16.2. The predicted octanol–water partition coefficient (Wildman–Crippen LogP) is 7.35. The zero-order valence-electron chi connectivity index (χ0n) is 26.2. The number of carboxylic acid groups (broad SMARTS) is 1. The molecule has 9 nitrogen and oxygen atoms in total. The number of nitrogens with zero attached hydrogens (tertiary/aromatic N) is 4. The average Bonchev–Trinajstić information content (AvgIpc) is 3.72. The van der Waals surface area contributed by atoms with Crippen molar-refractivity contribution in [2.45, 2.75) is 45.2 Å². The molecule has 240 valence electrons. The maximum absolute atomic E-state index is 13.8. The van der Waals surface area contributed by atoms with Crippen LogP contribution in [0.15, 0.2) is 107 Å². The summed E-state index contributed by atoms with van der Waals surface area (Å²) in [4.78, 5) is 41.7. The second-order valence-electron chi connectivity index (χ2n) is 11.9. The van der Waals surface area contributed by atoms with Crippen LogP contribution in [0.2, 0.25) is 5.02 Å². The highest BCUT2D eigenvalue weighted by Crippen LogP contribution is 2.36. The Hall–Kier alpha value is -5.54. The highest BCUT2D eigenvalue weighted by Gasteiger charge is 2.35. The molecule has 3 heterocycles. The van der Waals surface area contributed by atoms with Gasteiger partial charge in [0, 0.05) is 40.7 Å². The molecule has 0 fully saturated rings. The predicted molar refractivity (Wildman–Crippen MR) is 187 cm³/mol. The second kappa shape index (κ2) is 12.9. The van der Waals surface area contributed by atoms with Gasteiger partial charge in [-0.05, 0) is 71.5 Å². The number of rotatable bonds is 9. The monoisotopic (exact) mass is 657 g/mol. The number of fused-ring (bicyclic) bond motifs is 2. The number of aryl methyl sites for hydroxylation is 1. The van der Waals surface area contributed by atoms with Crippen molar-refractivity contribution in [1.29, 1.82) is 0 Å². The number of H-pyrrole nitrogens is 1. The van der Waals surface area contributed by atoms with Crippen LogP contribution in [0, 0.1) is 0 Å². The second-order valence-corrected chi connectivity index (χ2v) is 12.4. The van der Waals surface area contributed by atoms with E-state index in [9.17, 15) is 19.5 Å². The van der Waals surface area contributed by atoms with E-state index < -0.39 is 17.9 Å². The number of aromatic amines is 1. The first kappa shape index (κ1) is 31.1. The minimum absolute atomic E-state index is 0.216. The third-order valence-corrected chi connectivity index (χ3v) is 9.12. The van der Waals surface area contributed by atoms with Crippen LogP contribution in [0.25, 0.3) is 32.9 Å². The van der Waals surface area contributed by atoms with Crippen LogP contribution in [-0.2, 0) is 22.6 Å². The van der Waals surface area contributed by atoms with Crippen molar-refractivity contribution < 1.29 is 14.7 Å². The summed E-state index contributed by atoms with van der Waals surface area (Å²) in [6, 6.07) is 28.8. The number of carbonyl (C=O) groups is 2. The van der Waals surface area contributed by atoms with Gasteiger partial charge in [-0.15, -0.1) is 0 Å². The van der Waals surface area contributed by atoms with Gasteiger partial charge in [-0.25, -0.2) is 5.01 Å². The molecule has 1 aliphatic rings. The van der Waals surface area contributed by atoms with Gasteiger partial charge in [0.2, 0.25) is 5.91 Å². The zero-order chi connectivity index (χ0) is 33.4. The van der Waals surface area contributed by atoms with Crippen molar-refractivity contribution >= 4 is 51.0 Å². The number of hydrogen-bond acceptors (Lipinski definition) is 5. The third kappa shape index (κ3) is 6.00. The Morgan fingerprint density at radius 3 is 2.48 bits per heavy atom. The van der Waals surface area contributed by atoms with Crippen molar-refractivity contribution in [3.63, 3.8) is 0 Å². The smallest absolute Gasteiger partial charge is 0.303 e. The van der Waals surface area contributed by atoms with Crippen LogP contribution < -0.4 is 5.56 Å². The highest BCUT2D eigenvalue weighted by molar-refractivity contribution is 6.31. The maximum atomic E-state index is 13.8. The van der Waals surface area contributed by atoms with Crippen LogP contribution in [0.3, 0.4) is 0 Å². The van der Waals surface area contributed by atoms with Crippen molar-refractivity contribution in [2.24, 2.45) is 5.10 Å². The lowest BCUT2D eigenvalue weighted by molar-refractivity contribution is -0.141. The summed E-state index contributed by atoms with van der Waals surface area (Å²) >= 11 is 6.44. The molecule has 1 amide bonds. The van der Waals surface area contributed by atoms with Gasteiger partial charge in [-0.3, -0.25) is 19.1 Å². The number of hydrazone groups is 1. The van der Waals surface area contributed by atoms with Crippen LogP contribution in [0.1, 0.15) is 54.5 Å². The normalized spacial score (nSPS) is 14.5. The largest absolute Gasteiger partial charge is 0.481 e. The van der Waals surface area contributed by atoms with E-state index in [4.69, 9.17) is 16.7 Å². The van der Waals surface area contributed by atoms with Gasteiger partial charge in [0.1, 0.15) is 0 Å². The van der Waals surface area contributed by atoms with E-state index in [2.05, 4.69) is 35.2 Å². The molecule has 1 atom stereocenters. The van der Waals surface area contributed by atoms with Gasteiger partial charge < -0.3 is 10.1 Å². The van der Waals surface area contributed by atoms with E-state index in [1.807, 2.05) is 71.5 Å². The summed E-state index contributed by atoms with van der Waals surface area (Å²) in [6.45, 7) is 2.85. The molecule has 4 aromatic carbocycles. The van der Waals surface area contributed by atoms with E-state index in [1.165, 1.54) is 5.01 Å². The van der Waals surface area contributed by atoms with Crippen molar-refractivity contribution in [3.05, 3.63) is 135 Å². The Morgan fingerprint density at radius 2 is 1.73 bits per heavy atom. The number of aromatic nitrogens is 3. The summed E-state index contributed by atoms with van der Waals surface area (Å²) in [5, 5.41) is 22.2. The molecular weight excluding hydrogens is 626 g/mol. The summed E-state index contributed by atoms with van der Waals surface area (Å²) in [5.74, 6) is -1.49. The quantitative estimate of drug-likeness (QED) is 0.168. The molecule has 2 N–H and O–H groups in total. The minimum Gasteiger partial charge on any atom is -0.481 e. The summed E-state index contributed by atoms with van der Waals surface area (Å²) in [6.07, 6.45) is 2.05. The third-order valence-electron chi connectivity index (χ3n) is 8.88. The van der Waals surface area contributed by atoms with Gasteiger partial charge >= 0.3 is 5.97 Å². The van der Waals surface area contributed by atoms with Crippen LogP contribution in [-0.4, -0.2) is 42.5 Å². The number of nitrogens with one attached hydrogen (secondary N) is 1. The minimum atomic E-state index is -1.07. The highest BCUT2D eigenvalue weighted by atomic mass is 35.5. The van der Waals surface area contributed by atoms with E-state index in [1.54, 1.807) is 12.1 Å². The van der Waals surface area contributed by atoms with Crippen molar-refractivity contribution in [3.8, 4) is 11.1 Å². The van der Waals surface area contributed by atoms with Gasteiger partial charge in [0.25, 0.3) is 5.56 Å². The fourth-order valence-electron chi connectivity index (χ4n) is 6.52. The van der Waals surface area contributed by atoms with Crippen molar-refractivity contribution in [1.82, 2.24) is 19.8 Å². The number of halogens is 1. The van der Waals surface area contributed by atoms with E-state index >= 15 is 0 Å². The van der Waals surface area contributed by atoms with E-state index in [0.717, 1.165) is 50.7 Å². The van der Waals surface area contributed by atoms with E-state index in [-0.39, 0.29) is 24.8 Å². The molecule has 0 aliphatic carbocycles. The Morgan fingerprint density at radius 1 is 0.958 bits per heavy atom. The fourth-order valence-corrected chi connectivity index (χ4v) is 6.69. The zero-order valence-corrected chi connectivity index (χ0v) is 26.9. The van der Waals surface area contributed by atoms with Crippen LogP contribution in [0.5, 0.6) is 0 Å². The molecule has 6 aromatic rings. The average molecular weight is 658 g/mol. The maximum Gasteiger partial charge on any atom is 0.303 e. The molecule has 1 unspecified atom stereocenters. The number of amides is 1. The molecule has 0 saturated carbocycles. The molecule has 10 heteroatoms. The molecule has 0 bridgehead atoms. The summed E-state index contributed by atoms with van der Waals surface area (Å²) in [5.41, 5.74) is 6.89.